The molecule has 0 aliphatic heterocycles. The van der Waals surface area contributed by atoms with Gasteiger partial charge in [0, 0.05) is 11.1 Å². The fraction of sp³-hybridized carbons (Fsp3) is 0.209. The Kier molecular flexibility index (Phi) is 11.9. The molecule has 13 heteroatoms. The number of benzene rings is 4. The molecule has 2 aromatic heterocycles. The Morgan fingerprint density at radius 1 is 0.643 bits per heavy atom. The van der Waals surface area contributed by atoms with Gasteiger partial charge in [0.2, 0.25) is 0 Å². The van der Waals surface area contributed by atoms with Gasteiger partial charge in [-0.3, -0.25) is 19.2 Å². The summed E-state index contributed by atoms with van der Waals surface area (Å²) < 4.78 is 15.9. The summed E-state index contributed by atoms with van der Waals surface area (Å²) in [6.45, 7) is 9.59. The fourth-order valence-corrected chi connectivity index (χ4v) is 5.81. The first kappa shape index (κ1) is 40.2. The lowest BCUT2D eigenvalue weighted by Crippen LogP contribution is -2.36. The third kappa shape index (κ3) is 9.19. The van der Waals surface area contributed by atoms with Gasteiger partial charge in [0.1, 0.15) is 40.6 Å². The van der Waals surface area contributed by atoms with E-state index in [0.29, 0.717) is 11.1 Å². The van der Waals surface area contributed by atoms with Crippen molar-refractivity contribution < 1.29 is 43.0 Å². The number of para-hydroxylation sites is 2. The summed E-state index contributed by atoms with van der Waals surface area (Å²) in [6.07, 6.45) is 0. The number of hydrogen-bond donors (Lipinski definition) is 4. The molecule has 2 heterocycles. The van der Waals surface area contributed by atoms with Crippen molar-refractivity contribution in [2.75, 3.05) is 13.1 Å². The van der Waals surface area contributed by atoms with Crippen LogP contribution in [0.25, 0.3) is 44.2 Å². The molecule has 4 aromatic carbocycles. The topological polar surface area (TPSA) is 202 Å². The van der Waals surface area contributed by atoms with E-state index in [0.717, 1.165) is 22.3 Å². The number of aryl methyl sites for hydroxylation is 2. The molecular formula is C43H40N2O11. The lowest BCUT2D eigenvalue weighted by atomic mass is 10.00. The molecular weight excluding hydrogens is 720 g/mol. The minimum atomic E-state index is -0.998. The van der Waals surface area contributed by atoms with E-state index in [4.69, 9.17) is 13.6 Å². The number of rotatable bonds is 8. The van der Waals surface area contributed by atoms with Gasteiger partial charge in [0.25, 0.3) is 11.8 Å². The van der Waals surface area contributed by atoms with E-state index in [-0.39, 0.29) is 34.3 Å². The average Bonchev–Trinajstić information content (AvgIpc) is 3.12. The van der Waals surface area contributed by atoms with Gasteiger partial charge in [-0.25, -0.2) is 9.59 Å². The minimum absolute atomic E-state index is 0.175. The van der Waals surface area contributed by atoms with Crippen LogP contribution in [0.2, 0.25) is 0 Å². The molecule has 288 valence electrons. The van der Waals surface area contributed by atoms with Crippen molar-refractivity contribution in [3.05, 3.63) is 128 Å². The number of hydrogen-bond acceptors (Lipinski definition) is 11. The quantitative estimate of drug-likeness (QED) is 0.0996. The predicted molar refractivity (Wildman–Crippen MR) is 210 cm³/mol. The van der Waals surface area contributed by atoms with Crippen molar-refractivity contribution in [3.8, 4) is 33.8 Å². The third-order valence-corrected chi connectivity index (χ3v) is 8.24. The van der Waals surface area contributed by atoms with Crippen LogP contribution in [0.4, 0.5) is 0 Å². The molecule has 2 amide bonds. The molecule has 4 N–H and O–H groups in total. The van der Waals surface area contributed by atoms with E-state index >= 15 is 0 Å². The zero-order valence-corrected chi connectivity index (χ0v) is 31.6. The van der Waals surface area contributed by atoms with Crippen LogP contribution in [0.1, 0.15) is 59.5 Å². The molecule has 0 unspecified atom stereocenters. The van der Waals surface area contributed by atoms with Crippen LogP contribution in [-0.2, 0) is 14.3 Å². The maximum absolute atomic E-state index is 12.5. The van der Waals surface area contributed by atoms with Gasteiger partial charge in [0.05, 0.1) is 17.3 Å². The molecule has 13 nitrogen and oxygen atoms in total. The van der Waals surface area contributed by atoms with Gasteiger partial charge in [-0.1, -0.05) is 83.9 Å². The van der Waals surface area contributed by atoms with Crippen LogP contribution >= 0.6 is 0 Å². The van der Waals surface area contributed by atoms with Crippen LogP contribution in [0.5, 0.6) is 11.5 Å². The van der Waals surface area contributed by atoms with E-state index in [1.807, 2.05) is 62.4 Å². The number of nitrogens with one attached hydrogen (secondary N) is 2. The first-order chi connectivity index (χ1) is 26.4. The van der Waals surface area contributed by atoms with E-state index in [1.54, 1.807) is 57.2 Å². The molecule has 6 aromatic rings. The molecule has 0 atom stereocenters. The maximum atomic E-state index is 12.5. The summed E-state index contributed by atoms with van der Waals surface area (Å²) in [7, 11) is 0. The summed E-state index contributed by atoms with van der Waals surface area (Å²) in [5.41, 5.74) is 1.57. The van der Waals surface area contributed by atoms with Crippen LogP contribution in [0, 0.1) is 13.8 Å². The Balaban J connectivity index is 0.000000216. The molecule has 0 spiro atoms. The van der Waals surface area contributed by atoms with Gasteiger partial charge >= 0.3 is 17.2 Å². The second kappa shape index (κ2) is 16.6. The lowest BCUT2D eigenvalue weighted by Gasteiger charge is -2.19. The molecule has 0 fully saturated rings. The predicted octanol–water partition coefficient (Wildman–Crippen LogP) is 6.34. The largest absolute Gasteiger partial charge is 0.506 e. The van der Waals surface area contributed by atoms with Crippen LogP contribution in [0.15, 0.2) is 103 Å². The first-order valence-corrected chi connectivity index (χ1v) is 17.4. The van der Waals surface area contributed by atoms with Crippen molar-refractivity contribution in [1.29, 1.82) is 0 Å². The van der Waals surface area contributed by atoms with E-state index in [1.165, 1.54) is 6.92 Å². The zero-order chi connectivity index (χ0) is 40.9. The second-order valence-electron chi connectivity index (χ2n) is 14.0. The standard InChI is InChI=1S/C23H23NO6.C20H17NO5/c1-13-7-5-8-14(11-13)15-9-6-10-16-19(26)18(22(28)29-20(15)16)21(27)24-12-17(25)30-23(2,3)4;1-11-5-3-6-13(9-11)14-7-4-8-15-17(23)16(20(25)26-18(14)15)19(24)21-10-12(2)22/h5-11,26H,12H2,1-4H3,(H,24,27);3-9,23H,10H2,1-2H3,(H,21,24). The summed E-state index contributed by atoms with van der Waals surface area (Å²) >= 11 is 0. The molecule has 0 saturated heterocycles. The average molecular weight is 761 g/mol. The number of carbonyl (C=O) groups excluding carboxylic acids is 4. The highest BCUT2D eigenvalue weighted by Gasteiger charge is 2.25. The number of Topliss-reactive ketones (excluding diaryl/α,β-unsaturated/α-hetero) is 1. The highest BCUT2D eigenvalue weighted by atomic mass is 16.6. The summed E-state index contributed by atoms with van der Waals surface area (Å²) in [5, 5.41) is 26.2. The van der Waals surface area contributed by atoms with Crippen LogP contribution in [0.3, 0.4) is 0 Å². The Labute approximate surface area is 320 Å². The Hall–Kier alpha value is -7.02. The number of fused-ring (bicyclic) bond motifs is 2. The lowest BCUT2D eigenvalue weighted by molar-refractivity contribution is -0.153. The van der Waals surface area contributed by atoms with Gasteiger partial charge < -0.3 is 34.4 Å². The van der Waals surface area contributed by atoms with Crippen molar-refractivity contribution >= 4 is 45.5 Å². The first-order valence-electron chi connectivity index (χ1n) is 17.4. The van der Waals surface area contributed by atoms with Crippen molar-refractivity contribution in [1.82, 2.24) is 10.6 Å². The molecule has 0 aliphatic carbocycles. The van der Waals surface area contributed by atoms with Crippen LogP contribution < -0.4 is 21.9 Å². The molecule has 6 rings (SSSR count). The number of esters is 1. The van der Waals surface area contributed by atoms with Gasteiger partial charge in [-0.2, -0.15) is 0 Å². The molecule has 0 saturated carbocycles. The third-order valence-electron chi connectivity index (χ3n) is 8.24. The maximum Gasteiger partial charge on any atom is 0.353 e. The molecule has 0 aliphatic rings. The highest BCUT2D eigenvalue weighted by molar-refractivity contribution is 6.06. The van der Waals surface area contributed by atoms with Gasteiger partial charge in [-0.05, 0) is 64.8 Å². The highest BCUT2D eigenvalue weighted by Crippen LogP contribution is 2.35. The normalized spacial score (nSPS) is 11.0. The van der Waals surface area contributed by atoms with Crippen molar-refractivity contribution in [3.63, 3.8) is 0 Å². The Morgan fingerprint density at radius 2 is 1.05 bits per heavy atom. The Bertz CT molecular complexity index is 2630. The number of ketones is 1. The fourth-order valence-electron chi connectivity index (χ4n) is 5.81. The Morgan fingerprint density at radius 3 is 1.45 bits per heavy atom. The monoisotopic (exact) mass is 760 g/mol. The van der Waals surface area contributed by atoms with E-state index in [9.17, 15) is 39.0 Å². The summed E-state index contributed by atoms with van der Waals surface area (Å²) in [5.74, 6) is -3.68. The minimum Gasteiger partial charge on any atom is -0.506 e. The second-order valence-corrected chi connectivity index (χ2v) is 14.0. The van der Waals surface area contributed by atoms with Gasteiger partial charge in [0.15, 0.2) is 11.1 Å². The van der Waals surface area contributed by atoms with E-state index in [2.05, 4.69) is 10.6 Å². The SMILES string of the molecule is CC(=O)CNC(=O)c1c(O)c2cccc(-c3cccc(C)c3)c2oc1=O.Cc1cccc(-c2cccc3c(O)c(C(=O)NCC(=O)OC(C)(C)C)c(=O)oc23)c1. The van der Waals surface area contributed by atoms with Crippen molar-refractivity contribution in [2.24, 2.45) is 0 Å². The molecule has 0 bridgehead atoms. The zero-order valence-electron chi connectivity index (χ0n) is 31.6. The summed E-state index contributed by atoms with van der Waals surface area (Å²) in [4.78, 5) is 72.3. The van der Waals surface area contributed by atoms with Crippen molar-refractivity contribution in [2.45, 2.75) is 47.1 Å². The molecule has 0 radical (unpaired) electrons. The van der Waals surface area contributed by atoms with E-state index < -0.39 is 63.8 Å². The molecule has 56 heavy (non-hydrogen) atoms. The van der Waals surface area contributed by atoms with Crippen LogP contribution in [-0.4, -0.2) is 52.5 Å². The number of amides is 2. The smallest absolute Gasteiger partial charge is 0.353 e. The van der Waals surface area contributed by atoms with Gasteiger partial charge in [-0.15, -0.1) is 0 Å². The number of aromatic hydroxyl groups is 2. The summed E-state index contributed by atoms with van der Waals surface area (Å²) in [6, 6.07) is 25.3. The number of carbonyl (C=O) groups is 4. The number of ether oxygens (including phenoxy) is 1.